The second-order valence-electron chi connectivity index (χ2n) is 6.12. The Kier molecular flexibility index (Phi) is 4.46. The number of halogens is 1. The van der Waals surface area contributed by atoms with E-state index in [9.17, 15) is 8.42 Å². The summed E-state index contributed by atoms with van der Waals surface area (Å²) in [6.45, 7) is 0.693. The topological polar surface area (TPSA) is 94.3 Å². The molecule has 0 amide bonds. The van der Waals surface area contributed by atoms with Gasteiger partial charge in [0.15, 0.2) is 0 Å². The standard InChI is InChI=1S/C14H20BrN3O3S/c15-10-7-12(22(16,19)20)13(17-9-10)18-11-3-6-21-14(8-11)4-1-2-5-14/h7,9,11H,1-6,8H2,(H,17,18)(H2,16,19,20). The normalized spacial score (nSPS) is 24.5. The van der Waals surface area contributed by atoms with Crippen LogP contribution in [0.4, 0.5) is 5.82 Å². The van der Waals surface area contributed by atoms with Gasteiger partial charge in [-0.15, -0.1) is 0 Å². The van der Waals surface area contributed by atoms with Crippen LogP contribution in [0.25, 0.3) is 0 Å². The maximum absolute atomic E-state index is 11.7. The zero-order chi connectivity index (χ0) is 15.8. The van der Waals surface area contributed by atoms with Gasteiger partial charge in [-0.3, -0.25) is 0 Å². The largest absolute Gasteiger partial charge is 0.375 e. The summed E-state index contributed by atoms with van der Waals surface area (Å²) in [5.74, 6) is 0.325. The first-order valence-electron chi connectivity index (χ1n) is 7.47. The maximum atomic E-state index is 11.7. The van der Waals surface area contributed by atoms with E-state index in [0.717, 1.165) is 25.7 Å². The van der Waals surface area contributed by atoms with Gasteiger partial charge in [0.25, 0.3) is 0 Å². The van der Waals surface area contributed by atoms with Crippen molar-refractivity contribution >= 4 is 31.8 Å². The molecule has 6 nitrogen and oxygen atoms in total. The molecule has 1 saturated heterocycles. The van der Waals surface area contributed by atoms with Gasteiger partial charge in [-0.05, 0) is 47.7 Å². The van der Waals surface area contributed by atoms with Crippen LogP contribution in [0.1, 0.15) is 38.5 Å². The number of rotatable bonds is 3. The molecule has 1 saturated carbocycles. The minimum Gasteiger partial charge on any atom is -0.375 e. The molecule has 1 spiro atoms. The molecular weight excluding hydrogens is 370 g/mol. The fourth-order valence-corrected chi connectivity index (χ4v) is 4.61. The van der Waals surface area contributed by atoms with E-state index in [1.54, 1.807) is 6.20 Å². The van der Waals surface area contributed by atoms with Gasteiger partial charge in [0, 0.05) is 23.3 Å². The van der Waals surface area contributed by atoms with E-state index in [0.29, 0.717) is 16.9 Å². The van der Waals surface area contributed by atoms with Crippen LogP contribution in [0.2, 0.25) is 0 Å². The average molecular weight is 390 g/mol. The summed E-state index contributed by atoms with van der Waals surface area (Å²) >= 11 is 3.23. The highest BCUT2D eigenvalue weighted by atomic mass is 79.9. The molecule has 3 rings (SSSR count). The van der Waals surface area contributed by atoms with Crippen molar-refractivity contribution in [3.63, 3.8) is 0 Å². The number of aromatic nitrogens is 1. The van der Waals surface area contributed by atoms with Gasteiger partial charge in [-0.25, -0.2) is 18.5 Å². The number of primary sulfonamides is 1. The Labute approximate surface area is 139 Å². The Balaban J connectivity index is 1.81. The van der Waals surface area contributed by atoms with Gasteiger partial charge in [-0.1, -0.05) is 12.8 Å². The third kappa shape index (κ3) is 3.45. The molecule has 1 atom stereocenters. The highest BCUT2D eigenvalue weighted by Gasteiger charge is 2.40. The first kappa shape index (κ1) is 16.2. The second-order valence-corrected chi connectivity index (χ2v) is 8.56. The third-order valence-corrected chi connectivity index (χ3v) is 5.83. The Hall–Kier alpha value is -0.700. The van der Waals surface area contributed by atoms with E-state index in [-0.39, 0.29) is 16.5 Å². The fraction of sp³-hybridized carbons (Fsp3) is 0.643. The summed E-state index contributed by atoms with van der Waals surface area (Å²) in [5.41, 5.74) is -0.0347. The van der Waals surface area contributed by atoms with E-state index < -0.39 is 10.0 Å². The monoisotopic (exact) mass is 389 g/mol. The quantitative estimate of drug-likeness (QED) is 0.827. The van der Waals surface area contributed by atoms with E-state index in [1.807, 2.05) is 0 Å². The molecule has 1 aliphatic heterocycles. The molecule has 1 aromatic heterocycles. The maximum Gasteiger partial charge on any atom is 0.241 e. The van der Waals surface area contributed by atoms with Gasteiger partial charge >= 0.3 is 0 Å². The van der Waals surface area contributed by atoms with Gasteiger partial charge in [0.05, 0.1) is 5.60 Å². The first-order valence-corrected chi connectivity index (χ1v) is 9.81. The summed E-state index contributed by atoms with van der Waals surface area (Å²) in [7, 11) is -3.82. The Morgan fingerprint density at radius 2 is 2.14 bits per heavy atom. The van der Waals surface area contributed by atoms with E-state index in [4.69, 9.17) is 9.88 Å². The van der Waals surface area contributed by atoms with Crippen molar-refractivity contribution in [2.75, 3.05) is 11.9 Å². The summed E-state index contributed by atoms with van der Waals surface area (Å²) in [5, 5.41) is 8.56. The molecule has 2 fully saturated rings. The summed E-state index contributed by atoms with van der Waals surface area (Å²) in [4.78, 5) is 4.22. The van der Waals surface area contributed by atoms with Crippen molar-refractivity contribution in [3.05, 3.63) is 16.7 Å². The number of anilines is 1. The van der Waals surface area contributed by atoms with Crippen LogP contribution >= 0.6 is 15.9 Å². The molecular formula is C14H20BrN3O3S. The molecule has 1 aliphatic carbocycles. The van der Waals surface area contributed by atoms with Crippen molar-refractivity contribution in [3.8, 4) is 0 Å². The van der Waals surface area contributed by atoms with Gasteiger partial charge in [0.1, 0.15) is 10.7 Å². The summed E-state index contributed by atoms with van der Waals surface area (Å²) in [6.07, 6.45) is 7.86. The number of nitrogens with two attached hydrogens (primary N) is 1. The van der Waals surface area contributed by atoms with E-state index >= 15 is 0 Å². The predicted molar refractivity (Wildman–Crippen MR) is 87.1 cm³/mol. The molecule has 122 valence electrons. The SMILES string of the molecule is NS(=O)(=O)c1cc(Br)cnc1NC1CCOC2(CCCC2)C1. The molecule has 1 aromatic rings. The number of nitrogens with one attached hydrogen (secondary N) is 1. The van der Waals surface area contributed by atoms with Gasteiger partial charge in [0.2, 0.25) is 10.0 Å². The number of nitrogens with zero attached hydrogens (tertiary/aromatic N) is 1. The lowest BCUT2D eigenvalue weighted by Crippen LogP contribution is -2.42. The van der Waals surface area contributed by atoms with Crippen LogP contribution in [0.3, 0.4) is 0 Å². The molecule has 2 heterocycles. The van der Waals surface area contributed by atoms with Crippen LogP contribution in [-0.4, -0.2) is 31.7 Å². The molecule has 0 bridgehead atoms. The number of hydrogen-bond donors (Lipinski definition) is 2. The van der Waals surface area contributed by atoms with Crippen molar-refractivity contribution in [1.29, 1.82) is 0 Å². The fourth-order valence-electron chi connectivity index (χ4n) is 3.46. The number of pyridine rings is 1. The average Bonchev–Trinajstić information content (AvgIpc) is 2.88. The van der Waals surface area contributed by atoms with E-state index in [1.165, 1.54) is 18.9 Å². The molecule has 8 heteroatoms. The summed E-state index contributed by atoms with van der Waals surface area (Å²) in [6, 6.07) is 1.64. The van der Waals surface area contributed by atoms with Crippen molar-refractivity contribution in [2.45, 2.75) is 55.1 Å². The number of ether oxygens (including phenoxy) is 1. The minimum absolute atomic E-state index is 0.0221. The molecule has 2 aliphatic rings. The molecule has 22 heavy (non-hydrogen) atoms. The van der Waals surface area contributed by atoms with E-state index in [2.05, 4.69) is 26.2 Å². The van der Waals surface area contributed by atoms with Crippen LogP contribution in [0, 0.1) is 0 Å². The highest BCUT2D eigenvalue weighted by molar-refractivity contribution is 9.10. The first-order chi connectivity index (χ1) is 10.4. The smallest absolute Gasteiger partial charge is 0.241 e. The van der Waals surface area contributed by atoms with Gasteiger partial charge < -0.3 is 10.1 Å². The zero-order valence-corrected chi connectivity index (χ0v) is 14.6. The second kappa shape index (κ2) is 6.07. The van der Waals surface area contributed by atoms with Crippen molar-refractivity contribution in [1.82, 2.24) is 4.98 Å². The van der Waals surface area contributed by atoms with Crippen molar-refractivity contribution < 1.29 is 13.2 Å². The molecule has 1 unspecified atom stereocenters. The molecule has 3 N–H and O–H groups in total. The predicted octanol–water partition coefficient (Wildman–Crippen LogP) is 2.40. The zero-order valence-electron chi connectivity index (χ0n) is 12.2. The lowest BCUT2D eigenvalue weighted by atomic mass is 9.89. The van der Waals surface area contributed by atoms with Crippen LogP contribution in [0.15, 0.2) is 21.6 Å². The lowest BCUT2D eigenvalue weighted by molar-refractivity contribution is -0.0767. The number of sulfonamides is 1. The molecule has 0 aromatic carbocycles. The van der Waals surface area contributed by atoms with Crippen molar-refractivity contribution in [2.24, 2.45) is 5.14 Å². The Morgan fingerprint density at radius 3 is 2.82 bits per heavy atom. The van der Waals surface area contributed by atoms with Crippen LogP contribution < -0.4 is 10.5 Å². The van der Waals surface area contributed by atoms with Crippen LogP contribution in [-0.2, 0) is 14.8 Å². The highest BCUT2D eigenvalue weighted by Crippen LogP contribution is 2.40. The number of hydrogen-bond acceptors (Lipinski definition) is 5. The lowest BCUT2D eigenvalue weighted by Gasteiger charge is -2.38. The molecule has 0 radical (unpaired) electrons. The Bertz CT molecular complexity index is 659. The third-order valence-electron chi connectivity index (χ3n) is 4.47. The Morgan fingerprint density at radius 1 is 1.41 bits per heavy atom. The van der Waals surface area contributed by atoms with Gasteiger partial charge in [-0.2, -0.15) is 0 Å². The summed E-state index contributed by atoms with van der Waals surface area (Å²) < 4.78 is 30.1. The minimum atomic E-state index is -3.82. The van der Waals surface area contributed by atoms with Crippen LogP contribution in [0.5, 0.6) is 0 Å².